The molecular formula is C25H24ClF2NO3. The largest absolute Gasteiger partial charge is 0.488 e. The standard InChI is InChI=1S/C25H24ClF2NO3/c1-25(27,28)21-10-17(9-20(21)18-5-3-2-4-6-18)15-32-23-8-7-16(11-22(23)26)12-29-13-19(14-29)24(30)31/h2-9,11,19H,10,12-15H2,1H3,(H,30,31). The van der Waals surface area contributed by atoms with E-state index in [4.69, 9.17) is 21.4 Å². The van der Waals surface area contributed by atoms with E-state index in [0.717, 1.165) is 23.6 Å². The van der Waals surface area contributed by atoms with E-state index in [0.29, 0.717) is 36.0 Å². The number of carboxylic acid groups (broad SMARTS) is 1. The minimum absolute atomic E-state index is 0.0953. The van der Waals surface area contributed by atoms with Crippen LogP contribution in [0.25, 0.3) is 5.57 Å². The predicted octanol–water partition coefficient (Wildman–Crippen LogP) is 5.67. The van der Waals surface area contributed by atoms with Gasteiger partial charge in [-0.2, -0.15) is 0 Å². The summed E-state index contributed by atoms with van der Waals surface area (Å²) in [4.78, 5) is 13.0. The molecule has 0 aromatic heterocycles. The van der Waals surface area contributed by atoms with Crippen molar-refractivity contribution in [2.75, 3.05) is 19.7 Å². The fourth-order valence-corrected chi connectivity index (χ4v) is 4.33. The first-order valence-electron chi connectivity index (χ1n) is 10.4. The lowest BCUT2D eigenvalue weighted by Crippen LogP contribution is -2.49. The van der Waals surface area contributed by atoms with Crippen LogP contribution in [0, 0.1) is 5.92 Å². The molecule has 0 amide bonds. The number of hydrogen-bond acceptors (Lipinski definition) is 3. The molecule has 1 aliphatic heterocycles. The van der Waals surface area contributed by atoms with Crippen LogP contribution in [-0.4, -0.2) is 41.6 Å². The van der Waals surface area contributed by atoms with E-state index in [1.165, 1.54) is 0 Å². The molecule has 2 aromatic rings. The number of carbonyl (C=O) groups is 1. The molecule has 0 radical (unpaired) electrons. The molecule has 1 fully saturated rings. The van der Waals surface area contributed by atoms with Crippen LogP contribution in [0.4, 0.5) is 8.78 Å². The Morgan fingerprint density at radius 1 is 1.22 bits per heavy atom. The summed E-state index contributed by atoms with van der Waals surface area (Å²) in [7, 11) is 0. The molecule has 0 atom stereocenters. The SMILES string of the molecule is CC(F)(F)C1=C(c2ccccc2)C=C(COc2ccc(CN3CC(C(=O)O)C3)cc2Cl)C1. The van der Waals surface area contributed by atoms with Crippen LogP contribution in [0.2, 0.25) is 5.02 Å². The summed E-state index contributed by atoms with van der Waals surface area (Å²) >= 11 is 6.38. The molecule has 168 valence electrons. The minimum Gasteiger partial charge on any atom is -0.488 e. The maximum Gasteiger partial charge on any atom is 0.309 e. The molecule has 2 aliphatic rings. The number of halogens is 3. The van der Waals surface area contributed by atoms with Crippen LogP contribution in [0.5, 0.6) is 5.75 Å². The van der Waals surface area contributed by atoms with Gasteiger partial charge >= 0.3 is 5.97 Å². The maximum atomic E-state index is 14.2. The smallest absolute Gasteiger partial charge is 0.309 e. The second-order valence-corrected chi connectivity index (χ2v) is 8.82. The molecule has 1 heterocycles. The highest BCUT2D eigenvalue weighted by molar-refractivity contribution is 6.32. The summed E-state index contributed by atoms with van der Waals surface area (Å²) in [6, 6.07) is 14.6. The van der Waals surface area contributed by atoms with Crippen molar-refractivity contribution in [3.8, 4) is 5.75 Å². The molecule has 0 bridgehead atoms. The summed E-state index contributed by atoms with van der Waals surface area (Å²) < 4.78 is 34.3. The van der Waals surface area contributed by atoms with E-state index in [2.05, 4.69) is 0 Å². The summed E-state index contributed by atoms with van der Waals surface area (Å²) in [5, 5.41) is 9.41. The number of allylic oxidation sites excluding steroid dienone is 3. The lowest BCUT2D eigenvalue weighted by molar-refractivity contribution is -0.147. The van der Waals surface area contributed by atoms with Gasteiger partial charge in [0.15, 0.2) is 0 Å². The average molecular weight is 460 g/mol. The first-order chi connectivity index (χ1) is 15.2. The van der Waals surface area contributed by atoms with Crippen molar-refractivity contribution in [3.63, 3.8) is 0 Å². The Kier molecular flexibility index (Phi) is 6.35. The summed E-state index contributed by atoms with van der Waals surface area (Å²) in [5.41, 5.74) is 3.14. The maximum absolute atomic E-state index is 14.2. The third-order valence-corrected chi connectivity index (χ3v) is 6.11. The van der Waals surface area contributed by atoms with Gasteiger partial charge in [-0.3, -0.25) is 9.69 Å². The van der Waals surface area contributed by atoms with Crippen molar-refractivity contribution in [2.24, 2.45) is 5.92 Å². The van der Waals surface area contributed by atoms with E-state index in [1.54, 1.807) is 18.2 Å². The lowest BCUT2D eigenvalue weighted by atomic mass is 9.99. The van der Waals surface area contributed by atoms with Crippen LogP contribution in [0.3, 0.4) is 0 Å². The second kappa shape index (κ2) is 9.04. The van der Waals surface area contributed by atoms with Gasteiger partial charge in [0.25, 0.3) is 5.92 Å². The van der Waals surface area contributed by atoms with Gasteiger partial charge in [0, 0.05) is 32.1 Å². The van der Waals surface area contributed by atoms with Gasteiger partial charge in [-0.25, -0.2) is 8.78 Å². The Morgan fingerprint density at radius 2 is 1.94 bits per heavy atom. The number of nitrogens with zero attached hydrogens (tertiary/aromatic N) is 1. The van der Waals surface area contributed by atoms with E-state index in [-0.39, 0.29) is 24.5 Å². The molecule has 0 saturated carbocycles. The zero-order chi connectivity index (χ0) is 22.9. The summed E-state index contributed by atoms with van der Waals surface area (Å²) in [6.07, 6.45) is 1.94. The number of ether oxygens (including phenoxy) is 1. The molecule has 32 heavy (non-hydrogen) atoms. The number of hydrogen-bond donors (Lipinski definition) is 1. The zero-order valence-corrected chi connectivity index (χ0v) is 18.4. The molecule has 1 saturated heterocycles. The van der Waals surface area contributed by atoms with Gasteiger partial charge in [0.1, 0.15) is 12.4 Å². The van der Waals surface area contributed by atoms with E-state index < -0.39 is 11.9 Å². The Hall–Kier alpha value is -2.70. The monoisotopic (exact) mass is 459 g/mol. The number of alkyl halides is 2. The summed E-state index contributed by atoms with van der Waals surface area (Å²) in [6.45, 7) is 2.77. The number of carboxylic acids is 1. The van der Waals surface area contributed by atoms with Crippen LogP contribution in [-0.2, 0) is 11.3 Å². The Labute approximate surface area is 190 Å². The van der Waals surface area contributed by atoms with Crippen molar-refractivity contribution in [1.29, 1.82) is 0 Å². The quantitative estimate of drug-likeness (QED) is 0.552. The Morgan fingerprint density at radius 3 is 2.56 bits per heavy atom. The van der Waals surface area contributed by atoms with Gasteiger partial charge in [0.2, 0.25) is 0 Å². The Balaban J connectivity index is 1.39. The number of benzene rings is 2. The number of aliphatic carboxylic acids is 1. The highest BCUT2D eigenvalue weighted by Crippen LogP contribution is 2.41. The molecule has 1 N–H and O–H groups in total. The van der Waals surface area contributed by atoms with Gasteiger partial charge < -0.3 is 9.84 Å². The zero-order valence-electron chi connectivity index (χ0n) is 17.7. The van der Waals surface area contributed by atoms with Crippen LogP contribution < -0.4 is 4.74 Å². The van der Waals surface area contributed by atoms with Crippen LogP contribution in [0.15, 0.2) is 65.8 Å². The molecule has 7 heteroatoms. The highest BCUT2D eigenvalue weighted by Gasteiger charge is 2.34. The third-order valence-electron chi connectivity index (χ3n) is 5.81. The van der Waals surface area contributed by atoms with Crippen molar-refractivity contribution >= 4 is 23.1 Å². The fraction of sp³-hybridized carbons (Fsp3) is 0.320. The van der Waals surface area contributed by atoms with Crippen LogP contribution >= 0.6 is 11.6 Å². The van der Waals surface area contributed by atoms with Crippen molar-refractivity contribution < 1.29 is 23.4 Å². The molecule has 0 unspecified atom stereocenters. The molecular weight excluding hydrogens is 436 g/mol. The third kappa shape index (κ3) is 5.03. The van der Waals surface area contributed by atoms with Crippen LogP contribution in [0.1, 0.15) is 24.5 Å². The van der Waals surface area contributed by atoms with E-state index in [9.17, 15) is 13.6 Å². The van der Waals surface area contributed by atoms with E-state index >= 15 is 0 Å². The molecule has 2 aromatic carbocycles. The molecule has 0 spiro atoms. The van der Waals surface area contributed by atoms with Crippen molar-refractivity contribution in [1.82, 2.24) is 4.90 Å². The van der Waals surface area contributed by atoms with Gasteiger partial charge in [-0.05, 0) is 40.8 Å². The fourth-order valence-electron chi connectivity index (χ4n) is 4.07. The lowest BCUT2D eigenvalue weighted by Gasteiger charge is -2.36. The van der Waals surface area contributed by atoms with Crippen molar-refractivity contribution in [2.45, 2.75) is 25.8 Å². The summed E-state index contributed by atoms with van der Waals surface area (Å²) in [5.74, 6) is -3.50. The number of rotatable bonds is 8. The normalized spacial score (nSPS) is 17.3. The van der Waals surface area contributed by atoms with Gasteiger partial charge in [-0.15, -0.1) is 0 Å². The highest BCUT2D eigenvalue weighted by atomic mass is 35.5. The first kappa shape index (κ1) is 22.5. The first-order valence-corrected chi connectivity index (χ1v) is 10.8. The minimum atomic E-state index is -2.92. The topological polar surface area (TPSA) is 49.8 Å². The van der Waals surface area contributed by atoms with E-state index in [1.807, 2.05) is 41.3 Å². The van der Waals surface area contributed by atoms with Gasteiger partial charge in [-0.1, -0.05) is 54.1 Å². The number of likely N-dealkylation sites (tertiary alicyclic amines) is 1. The second-order valence-electron chi connectivity index (χ2n) is 8.41. The average Bonchev–Trinajstić information content (AvgIpc) is 3.15. The molecule has 4 nitrogen and oxygen atoms in total. The Bertz CT molecular complexity index is 1070. The van der Waals surface area contributed by atoms with Crippen molar-refractivity contribution in [3.05, 3.63) is 81.9 Å². The molecule has 4 rings (SSSR count). The predicted molar refractivity (Wildman–Crippen MR) is 120 cm³/mol. The van der Waals surface area contributed by atoms with Gasteiger partial charge in [0.05, 0.1) is 10.9 Å². The molecule has 1 aliphatic carbocycles.